The summed E-state index contributed by atoms with van der Waals surface area (Å²) in [5, 5.41) is 3.32. The molecule has 0 aromatic carbocycles. The first-order chi connectivity index (χ1) is 9.65. The lowest BCUT2D eigenvalue weighted by molar-refractivity contribution is -0.132. The summed E-state index contributed by atoms with van der Waals surface area (Å²) in [6.07, 6.45) is 4.21. The molecule has 2 aliphatic heterocycles. The van der Waals surface area contributed by atoms with Crippen molar-refractivity contribution in [1.29, 1.82) is 0 Å². The normalized spacial score (nSPS) is 25.0. The van der Waals surface area contributed by atoms with Gasteiger partial charge >= 0.3 is 0 Å². The van der Waals surface area contributed by atoms with E-state index >= 15 is 0 Å². The lowest BCUT2D eigenvalue weighted by Crippen LogP contribution is -2.35. The standard InChI is InChI=1S/C15H29N3O2/c1-17-9-5-13(11-17)12-18(2)15(19)6-10-20-14-3-7-16-8-4-14/h13-14,16H,3-12H2,1-2H3. The topological polar surface area (TPSA) is 44.8 Å². The van der Waals surface area contributed by atoms with Crippen LogP contribution in [0.15, 0.2) is 0 Å². The van der Waals surface area contributed by atoms with Crippen LogP contribution in [0.25, 0.3) is 0 Å². The molecule has 0 saturated carbocycles. The van der Waals surface area contributed by atoms with E-state index in [1.807, 2.05) is 11.9 Å². The molecule has 0 spiro atoms. The van der Waals surface area contributed by atoms with Crippen molar-refractivity contribution in [1.82, 2.24) is 15.1 Å². The molecule has 5 nitrogen and oxygen atoms in total. The van der Waals surface area contributed by atoms with E-state index in [0.717, 1.165) is 45.6 Å². The van der Waals surface area contributed by atoms with Crippen LogP contribution >= 0.6 is 0 Å². The van der Waals surface area contributed by atoms with Crippen molar-refractivity contribution in [3.63, 3.8) is 0 Å². The van der Waals surface area contributed by atoms with Crippen LogP contribution in [0.5, 0.6) is 0 Å². The number of hydrogen-bond donors (Lipinski definition) is 1. The van der Waals surface area contributed by atoms with Crippen molar-refractivity contribution in [3.05, 3.63) is 0 Å². The molecule has 0 radical (unpaired) electrons. The van der Waals surface area contributed by atoms with Crippen LogP contribution in [0.3, 0.4) is 0 Å². The fraction of sp³-hybridized carbons (Fsp3) is 0.933. The van der Waals surface area contributed by atoms with Crippen LogP contribution in [0.4, 0.5) is 0 Å². The van der Waals surface area contributed by atoms with Gasteiger partial charge in [0.25, 0.3) is 0 Å². The Bertz CT molecular complexity index is 305. The summed E-state index contributed by atoms with van der Waals surface area (Å²) in [5.41, 5.74) is 0. The molecule has 20 heavy (non-hydrogen) atoms. The maximum atomic E-state index is 12.1. The van der Waals surface area contributed by atoms with Gasteiger partial charge in [0.15, 0.2) is 0 Å². The lowest BCUT2D eigenvalue weighted by Gasteiger charge is -2.24. The van der Waals surface area contributed by atoms with E-state index in [2.05, 4.69) is 17.3 Å². The van der Waals surface area contributed by atoms with Crippen LogP contribution in [0.1, 0.15) is 25.7 Å². The summed E-state index contributed by atoms with van der Waals surface area (Å²) in [6.45, 7) is 5.80. The van der Waals surface area contributed by atoms with Gasteiger partial charge in [-0.1, -0.05) is 0 Å². The molecule has 2 fully saturated rings. The van der Waals surface area contributed by atoms with Gasteiger partial charge in [-0.2, -0.15) is 0 Å². The van der Waals surface area contributed by atoms with E-state index in [9.17, 15) is 4.79 Å². The van der Waals surface area contributed by atoms with E-state index < -0.39 is 0 Å². The Kier molecular flexibility index (Phi) is 6.26. The first-order valence-electron chi connectivity index (χ1n) is 7.90. The van der Waals surface area contributed by atoms with E-state index in [-0.39, 0.29) is 5.91 Å². The molecule has 1 atom stereocenters. The van der Waals surface area contributed by atoms with Crippen molar-refractivity contribution in [2.75, 3.05) is 53.4 Å². The quantitative estimate of drug-likeness (QED) is 0.773. The fourth-order valence-electron chi connectivity index (χ4n) is 3.13. The van der Waals surface area contributed by atoms with Crippen LogP contribution in [-0.4, -0.2) is 75.2 Å². The summed E-state index contributed by atoms with van der Waals surface area (Å²) < 4.78 is 5.80. The third-order valence-corrected chi connectivity index (χ3v) is 4.40. The molecule has 0 aromatic heterocycles. The highest BCUT2D eigenvalue weighted by Crippen LogP contribution is 2.15. The van der Waals surface area contributed by atoms with Gasteiger partial charge in [0.05, 0.1) is 19.1 Å². The molecule has 1 unspecified atom stereocenters. The molecule has 0 aliphatic carbocycles. The predicted octanol–water partition coefficient (Wildman–Crippen LogP) is 0.555. The number of nitrogens with one attached hydrogen (secondary N) is 1. The molecule has 0 bridgehead atoms. The Hall–Kier alpha value is -0.650. The highest BCUT2D eigenvalue weighted by molar-refractivity contribution is 5.75. The van der Waals surface area contributed by atoms with Crippen molar-refractivity contribution >= 4 is 5.91 Å². The zero-order chi connectivity index (χ0) is 14.4. The Morgan fingerprint density at radius 3 is 2.75 bits per heavy atom. The maximum Gasteiger partial charge on any atom is 0.224 e. The lowest BCUT2D eigenvalue weighted by atomic mass is 10.1. The minimum Gasteiger partial charge on any atom is -0.378 e. The van der Waals surface area contributed by atoms with Crippen LogP contribution in [-0.2, 0) is 9.53 Å². The first-order valence-corrected chi connectivity index (χ1v) is 7.90. The molecule has 2 aliphatic rings. The molecule has 2 saturated heterocycles. The monoisotopic (exact) mass is 283 g/mol. The molecule has 1 amide bonds. The van der Waals surface area contributed by atoms with Gasteiger partial charge in [0, 0.05) is 20.1 Å². The van der Waals surface area contributed by atoms with Crippen LogP contribution < -0.4 is 5.32 Å². The second-order valence-electron chi connectivity index (χ2n) is 6.26. The molecule has 5 heteroatoms. The molecule has 2 rings (SSSR count). The van der Waals surface area contributed by atoms with E-state index in [1.165, 1.54) is 6.42 Å². The number of likely N-dealkylation sites (tertiary alicyclic amines) is 1. The second kappa shape index (κ2) is 7.96. The highest BCUT2D eigenvalue weighted by Gasteiger charge is 2.22. The number of carbonyl (C=O) groups is 1. The molecule has 1 N–H and O–H groups in total. The largest absolute Gasteiger partial charge is 0.378 e. The van der Waals surface area contributed by atoms with Crippen molar-refractivity contribution < 1.29 is 9.53 Å². The number of carbonyl (C=O) groups excluding carboxylic acids is 1. The maximum absolute atomic E-state index is 12.1. The van der Waals surface area contributed by atoms with Gasteiger partial charge in [0.1, 0.15) is 0 Å². The van der Waals surface area contributed by atoms with Crippen molar-refractivity contribution in [2.24, 2.45) is 5.92 Å². The van der Waals surface area contributed by atoms with E-state index in [1.54, 1.807) is 0 Å². The number of amides is 1. The number of rotatable bonds is 6. The summed E-state index contributed by atoms with van der Waals surface area (Å²) in [5.74, 6) is 0.854. The number of hydrogen-bond acceptors (Lipinski definition) is 4. The number of ether oxygens (including phenoxy) is 1. The SMILES string of the molecule is CN1CCC(CN(C)C(=O)CCOC2CCNCC2)C1. The summed E-state index contributed by atoms with van der Waals surface area (Å²) in [6, 6.07) is 0. The minimum absolute atomic E-state index is 0.216. The fourth-order valence-corrected chi connectivity index (χ4v) is 3.13. The first kappa shape index (κ1) is 15.7. The summed E-state index contributed by atoms with van der Waals surface area (Å²) in [7, 11) is 4.07. The van der Waals surface area contributed by atoms with Gasteiger partial charge < -0.3 is 19.9 Å². The van der Waals surface area contributed by atoms with Crippen LogP contribution in [0.2, 0.25) is 0 Å². The average molecular weight is 283 g/mol. The number of piperidine rings is 1. The molecular weight excluding hydrogens is 254 g/mol. The smallest absolute Gasteiger partial charge is 0.224 e. The molecule has 2 heterocycles. The Labute approximate surface area is 122 Å². The Morgan fingerprint density at radius 2 is 2.10 bits per heavy atom. The van der Waals surface area contributed by atoms with E-state index in [4.69, 9.17) is 4.74 Å². The predicted molar refractivity (Wildman–Crippen MR) is 79.7 cm³/mol. The second-order valence-corrected chi connectivity index (χ2v) is 6.26. The summed E-state index contributed by atoms with van der Waals surface area (Å²) in [4.78, 5) is 16.3. The zero-order valence-corrected chi connectivity index (χ0v) is 12.9. The zero-order valence-electron chi connectivity index (χ0n) is 12.9. The average Bonchev–Trinajstić information content (AvgIpc) is 2.85. The molecule has 0 aromatic rings. The van der Waals surface area contributed by atoms with Gasteiger partial charge in [-0.15, -0.1) is 0 Å². The molecule has 116 valence electrons. The van der Waals surface area contributed by atoms with Crippen molar-refractivity contribution in [3.8, 4) is 0 Å². The van der Waals surface area contributed by atoms with E-state index in [0.29, 0.717) is 25.0 Å². The van der Waals surface area contributed by atoms with Gasteiger partial charge in [-0.3, -0.25) is 4.79 Å². The Morgan fingerprint density at radius 1 is 1.35 bits per heavy atom. The molecular formula is C15H29N3O2. The van der Waals surface area contributed by atoms with Gasteiger partial charge in [-0.05, 0) is 51.9 Å². The van der Waals surface area contributed by atoms with Gasteiger partial charge in [0.2, 0.25) is 5.91 Å². The number of nitrogens with zero attached hydrogens (tertiary/aromatic N) is 2. The van der Waals surface area contributed by atoms with Gasteiger partial charge in [-0.25, -0.2) is 0 Å². The third-order valence-electron chi connectivity index (χ3n) is 4.40. The third kappa shape index (κ3) is 5.04. The minimum atomic E-state index is 0.216. The highest BCUT2D eigenvalue weighted by atomic mass is 16.5. The summed E-state index contributed by atoms with van der Waals surface area (Å²) >= 11 is 0. The van der Waals surface area contributed by atoms with Crippen molar-refractivity contribution in [2.45, 2.75) is 31.8 Å². The van der Waals surface area contributed by atoms with Crippen LogP contribution in [0, 0.1) is 5.92 Å². The Balaban J connectivity index is 1.58.